The number of hydrogen-bond acceptors (Lipinski definition) is 6. The summed E-state index contributed by atoms with van der Waals surface area (Å²) in [6, 6.07) is 5.45. The fourth-order valence-corrected chi connectivity index (χ4v) is 4.82. The van der Waals surface area contributed by atoms with Crippen molar-refractivity contribution in [1.82, 2.24) is 20.4 Å². The molecule has 4 heterocycles. The fourth-order valence-electron chi connectivity index (χ4n) is 4.82. The summed E-state index contributed by atoms with van der Waals surface area (Å²) >= 11 is 0. The highest BCUT2D eigenvalue weighted by Crippen LogP contribution is 2.29. The number of amides is 3. The molecule has 3 saturated heterocycles. The van der Waals surface area contributed by atoms with Gasteiger partial charge in [-0.15, -0.1) is 0 Å². The van der Waals surface area contributed by atoms with E-state index in [2.05, 4.69) is 21.6 Å². The Morgan fingerprint density at radius 3 is 2.53 bits per heavy atom. The Morgan fingerprint density at radius 2 is 1.83 bits per heavy atom. The van der Waals surface area contributed by atoms with Gasteiger partial charge in [0.1, 0.15) is 6.04 Å². The first-order chi connectivity index (χ1) is 14.6. The third kappa shape index (κ3) is 3.87. The Balaban J connectivity index is 1.18. The van der Waals surface area contributed by atoms with Gasteiger partial charge >= 0.3 is 0 Å². The number of ether oxygens (including phenoxy) is 1. The van der Waals surface area contributed by atoms with Gasteiger partial charge in [-0.2, -0.15) is 0 Å². The van der Waals surface area contributed by atoms with E-state index in [9.17, 15) is 14.4 Å². The third-order valence-electron chi connectivity index (χ3n) is 6.66. The minimum absolute atomic E-state index is 0.116. The van der Waals surface area contributed by atoms with Gasteiger partial charge in [-0.25, -0.2) is 0 Å². The molecule has 8 heteroatoms. The Kier molecular flexibility index (Phi) is 5.30. The van der Waals surface area contributed by atoms with Crippen LogP contribution < -0.4 is 10.6 Å². The van der Waals surface area contributed by atoms with Crippen molar-refractivity contribution < 1.29 is 19.1 Å². The van der Waals surface area contributed by atoms with E-state index in [1.807, 2.05) is 12.1 Å². The van der Waals surface area contributed by atoms with Crippen LogP contribution in [0.4, 0.5) is 0 Å². The van der Waals surface area contributed by atoms with E-state index in [4.69, 9.17) is 4.74 Å². The quantitative estimate of drug-likeness (QED) is 0.681. The van der Waals surface area contributed by atoms with Crippen molar-refractivity contribution in [2.45, 2.75) is 57.0 Å². The monoisotopic (exact) mass is 412 g/mol. The van der Waals surface area contributed by atoms with Gasteiger partial charge < -0.3 is 15.0 Å². The Bertz CT molecular complexity index is 861. The standard InChI is InChI=1S/C22H28N4O4/c27-20-4-3-19(21(28)24-20)26-13-15-9-14(1-2-18(15)22(26)29)12-25-7-5-16(6-8-25)30-17-10-23-11-17/h1-2,9,16-17,19,23H,3-8,10-13H2,(H,24,27,28). The van der Waals surface area contributed by atoms with Crippen LogP contribution in [0.1, 0.15) is 47.2 Å². The van der Waals surface area contributed by atoms with Crippen LogP contribution in [0.5, 0.6) is 0 Å². The first-order valence-corrected chi connectivity index (χ1v) is 10.9. The summed E-state index contributed by atoms with van der Waals surface area (Å²) in [6.07, 6.45) is 3.55. The molecule has 30 heavy (non-hydrogen) atoms. The lowest BCUT2D eigenvalue weighted by atomic mass is 10.0. The van der Waals surface area contributed by atoms with Gasteiger partial charge in [0.15, 0.2) is 0 Å². The Morgan fingerprint density at radius 1 is 1.03 bits per heavy atom. The van der Waals surface area contributed by atoms with Gasteiger partial charge in [0.05, 0.1) is 12.2 Å². The van der Waals surface area contributed by atoms with Crippen LogP contribution in [0.15, 0.2) is 18.2 Å². The molecule has 1 unspecified atom stereocenters. The van der Waals surface area contributed by atoms with E-state index < -0.39 is 6.04 Å². The number of imide groups is 1. The van der Waals surface area contributed by atoms with Crippen LogP contribution in [0.3, 0.4) is 0 Å². The maximum Gasteiger partial charge on any atom is 0.255 e. The second kappa shape index (κ2) is 8.09. The van der Waals surface area contributed by atoms with Crippen LogP contribution in [0, 0.1) is 0 Å². The molecule has 4 aliphatic heterocycles. The number of rotatable bonds is 5. The maximum atomic E-state index is 12.8. The molecule has 0 aromatic heterocycles. The molecule has 0 bridgehead atoms. The molecule has 0 aliphatic carbocycles. The van der Waals surface area contributed by atoms with E-state index in [0.717, 1.165) is 51.1 Å². The lowest BCUT2D eigenvalue weighted by molar-refractivity contribution is -0.136. The van der Waals surface area contributed by atoms with E-state index in [1.165, 1.54) is 5.56 Å². The molecule has 8 nitrogen and oxygen atoms in total. The fraction of sp³-hybridized carbons (Fsp3) is 0.591. The number of fused-ring (bicyclic) bond motifs is 1. The smallest absolute Gasteiger partial charge is 0.255 e. The Hall–Kier alpha value is -2.29. The predicted octanol–water partition coefficient (Wildman–Crippen LogP) is 0.400. The van der Waals surface area contributed by atoms with Gasteiger partial charge in [0.2, 0.25) is 11.8 Å². The van der Waals surface area contributed by atoms with Crippen LogP contribution in [-0.4, -0.2) is 72.0 Å². The molecular weight excluding hydrogens is 384 g/mol. The largest absolute Gasteiger partial charge is 0.372 e. The maximum absolute atomic E-state index is 12.8. The number of hydrogen-bond donors (Lipinski definition) is 2. The molecule has 160 valence electrons. The molecule has 3 amide bonds. The first kappa shape index (κ1) is 19.7. The van der Waals surface area contributed by atoms with Crippen molar-refractivity contribution in [2.24, 2.45) is 0 Å². The normalized spacial score (nSPS) is 25.9. The first-order valence-electron chi connectivity index (χ1n) is 10.9. The molecule has 5 rings (SSSR count). The SMILES string of the molecule is O=C1CCC(N2Cc3cc(CN4CCC(OC5CNC5)CC4)ccc3C2=O)C(=O)N1. The zero-order valence-electron chi connectivity index (χ0n) is 17.1. The number of likely N-dealkylation sites (tertiary alicyclic amines) is 1. The van der Waals surface area contributed by atoms with Gasteiger partial charge in [-0.1, -0.05) is 12.1 Å². The van der Waals surface area contributed by atoms with Crippen LogP contribution in [0.2, 0.25) is 0 Å². The van der Waals surface area contributed by atoms with E-state index in [0.29, 0.717) is 30.7 Å². The lowest BCUT2D eigenvalue weighted by Gasteiger charge is -2.36. The van der Waals surface area contributed by atoms with E-state index in [1.54, 1.807) is 4.90 Å². The summed E-state index contributed by atoms with van der Waals surface area (Å²) in [6.45, 7) is 5.28. The Labute approximate surface area is 175 Å². The van der Waals surface area contributed by atoms with Crippen molar-refractivity contribution in [3.05, 3.63) is 34.9 Å². The summed E-state index contributed by atoms with van der Waals surface area (Å²) in [5.74, 6) is -0.744. The predicted molar refractivity (Wildman–Crippen MR) is 109 cm³/mol. The molecule has 1 aromatic rings. The van der Waals surface area contributed by atoms with E-state index >= 15 is 0 Å². The molecule has 0 spiro atoms. The summed E-state index contributed by atoms with van der Waals surface area (Å²) in [5.41, 5.74) is 2.83. The zero-order valence-corrected chi connectivity index (χ0v) is 17.1. The van der Waals surface area contributed by atoms with Crippen molar-refractivity contribution in [1.29, 1.82) is 0 Å². The van der Waals surface area contributed by atoms with Crippen LogP contribution in [0.25, 0.3) is 0 Å². The van der Waals surface area contributed by atoms with Gasteiger partial charge in [-0.05, 0) is 36.5 Å². The average Bonchev–Trinajstić information content (AvgIpc) is 3.02. The lowest BCUT2D eigenvalue weighted by Crippen LogP contribution is -2.52. The molecule has 1 atom stereocenters. The highest BCUT2D eigenvalue weighted by atomic mass is 16.5. The number of nitrogens with one attached hydrogen (secondary N) is 2. The minimum atomic E-state index is -0.559. The molecule has 1 aromatic carbocycles. The number of carbonyl (C=O) groups excluding carboxylic acids is 3. The van der Waals surface area contributed by atoms with E-state index in [-0.39, 0.29) is 24.1 Å². The molecular formula is C22H28N4O4. The van der Waals surface area contributed by atoms with Gasteiger partial charge in [-0.3, -0.25) is 24.6 Å². The zero-order chi connectivity index (χ0) is 20.7. The van der Waals surface area contributed by atoms with Crippen LogP contribution >= 0.6 is 0 Å². The number of piperidine rings is 2. The second-order valence-electron chi connectivity index (χ2n) is 8.78. The number of benzene rings is 1. The molecule has 2 N–H and O–H groups in total. The minimum Gasteiger partial charge on any atom is -0.372 e. The second-order valence-corrected chi connectivity index (χ2v) is 8.78. The summed E-state index contributed by atoms with van der Waals surface area (Å²) in [4.78, 5) is 40.5. The molecule has 0 radical (unpaired) electrons. The summed E-state index contributed by atoms with van der Waals surface area (Å²) < 4.78 is 6.10. The third-order valence-corrected chi connectivity index (χ3v) is 6.66. The molecule has 3 fully saturated rings. The van der Waals surface area contributed by atoms with Gasteiger partial charge in [0, 0.05) is 51.3 Å². The topological polar surface area (TPSA) is 91.0 Å². The number of nitrogens with zero attached hydrogens (tertiary/aromatic N) is 2. The van der Waals surface area contributed by atoms with Crippen molar-refractivity contribution in [3.8, 4) is 0 Å². The van der Waals surface area contributed by atoms with Crippen molar-refractivity contribution in [2.75, 3.05) is 26.2 Å². The highest BCUT2D eigenvalue weighted by molar-refractivity contribution is 6.05. The van der Waals surface area contributed by atoms with Crippen LogP contribution in [-0.2, 0) is 27.4 Å². The van der Waals surface area contributed by atoms with Gasteiger partial charge in [0.25, 0.3) is 5.91 Å². The van der Waals surface area contributed by atoms with Crippen molar-refractivity contribution >= 4 is 17.7 Å². The summed E-state index contributed by atoms with van der Waals surface area (Å²) in [7, 11) is 0. The number of carbonyl (C=O) groups is 3. The highest BCUT2D eigenvalue weighted by Gasteiger charge is 2.39. The molecule has 0 saturated carbocycles. The van der Waals surface area contributed by atoms with Crippen molar-refractivity contribution in [3.63, 3.8) is 0 Å². The summed E-state index contributed by atoms with van der Waals surface area (Å²) in [5, 5.41) is 5.59. The molecule has 4 aliphatic rings. The average molecular weight is 412 g/mol.